The molecule has 2 aromatic rings. The number of anilines is 2. The van der Waals surface area contributed by atoms with Crippen LogP contribution >= 0.6 is 0 Å². The standard InChI is InChI=1S/C17H22N4O3/c1-10(2)18-17(22)13-9-16(20-11(3)19-13)21-12-6-7-14(23-4)15(8-12)24-5/h6-10H,1-5H3,(H,18,22)(H,19,20,21). The lowest BCUT2D eigenvalue weighted by Gasteiger charge is -2.12. The van der Waals surface area contributed by atoms with E-state index in [1.54, 1.807) is 39.3 Å². The summed E-state index contributed by atoms with van der Waals surface area (Å²) in [6.07, 6.45) is 0. The summed E-state index contributed by atoms with van der Waals surface area (Å²) < 4.78 is 10.5. The van der Waals surface area contributed by atoms with Crippen LogP contribution in [0.15, 0.2) is 24.3 Å². The number of benzene rings is 1. The van der Waals surface area contributed by atoms with E-state index in [2.05, 4.69) is 20.6 Å². The molecule has 1 heterocycles. The van der Waals surface area contributed by atoms with Gasteiger partial charge in [0.25, 0.3) is 5.91 Å². The molecule has 0 bridgehead atoms. The van der Waals surface area contributed by atoms with Crippen molar-refractivity contribution < 1.29 is 14.3 Å². The van der Waals surface area contributed by atoms with Gasteiger partial charge in [0.1, 0.15) is 17.3 Å². The zero-order valence-corrected chi connectivity index (χ0v) is 14.5. The highest BCUT2D eigenvalue weighted by molar-refractivity contribution is 5.93. The summed E-state index contributed by atoms with van der Waals surface area (Å²) in [4.78, 5) is 20.6. The first-order chi connectivity index (χ1) is 11.4. The van der Waals surface area contributed by atoms with Crippen LogP contribution in [0.3, 0.4) is 0 Å². The summed E-state index contributed by atoms with van der Waals surface area (Å²) in [7, 11) is 3.16. The molecule has 0 spiro atoms. The molecule has 0 aliphatic heterocycles. The van der Waals surface area contributed by atoms with Gasteiger partial charge >= 0.3 is 0 Å². The molecule has 1 aromatic carbocycles. The van der Waals surface area contributed by atoms with Crippen molar-refractivity contribution in [2.45, 2.75) is 26.8 Å². The topological polar surface area (TPSA) is 85.4 Å². The second-order valence-corrected chi connectivity index (χ2v) is 5.51. The Balaban J connectivity index is 2.26. The average Bonchev–Trinajstić information content (AvgIpc) is 2.53. The number of nitrogens with one attached hydrogen (secondary N) is 2. The predicted molar refractivity (Wildman–Crippen MR) is 92.2 cm³/mol. The van der Waals surface area contributed by atoms with Crippen molar-refractivity contribution in [1.29, 1.82) is 0 Å². The smallest absolute Gasteiger partial charge is 0.270 e. The molecule has 0 saturated heterocycles. The first-order valence-electron chi connectivity index (χ1n) is 7.58. The van der Waals surface area contributed by atoms with Gasteiger partial charge in [0.05, 0.1) is 14.2 Å². The highest BCUT2D eigenvalue weighted by atomic mass is 16.5. The summed E-state index contributed by atoms with van der Waals surface area (Å²) >= 11 is 0. The number of aryl methyl sites for hydroxylation is 1. The minimum Gasteiger partial charge on any atom is -0.493 e. The van der Waals surface area contributed by atoms with Crippen LogP contribution in [0.5, 0.6) is 11.5 Å². The zero-order valence-electron chi connectivity index (χ0n) is 14.5. The Morgan fingerprint density at radius 1 is 1.08 bits per heavy atom. The molecule has 0 aliphatic carbocycles. The molecule has 7 nitrogen and oxygen atoms in total. The van der Waals surface area contributed by atoms with Crippen LogP contribution < -0.4 is 20.1 Å². The van der Waals surface area contributed by atoms with Gasteiger partial charge in [0.15, 0.2) is 11.5 Å². The molecular weight excluding hydrogens is 308 g/mol. The van der Waals surface area contributed by atoms with Crippen LogP contribution in [0, 0.1) is 6.92 Å². The van der Waals surface area contributed by atoms with Crippen molar-refractivity contribution in [3.63, 3.8) is 0 Å². The molecule has 24 heavy (non-hydrogen) atoms. The van der Waals surface area contributed by atoms with Gasteiger partial charge in [0.2, 0.25) is 0 Å². The average molecular weight is 330 g/mol. The lowest BCUT2D eigenvalue weighted by Crippen LogP contribution is -2.31. The Labute approximate surface area is 141 Å². The van der Waals surface area contributed by atoms with E-state index in [9.17, 15) is 4.79 Å². The van der Waals surface area contributed by atoms with Crippen molar-refractivity contribution in [3.05, 3.63) is 35.8 Å². The van der Waals surface area contributed by atoms with Crippen LogP contribution in [0.4, 0.5) is 11.5 Å². The lowest BCUT2D eigenvalue weighted by molar-refractivity contribution is 0.0937. The number of amides is 1. The van der Waals surface area contributed by atoms with E-state index in [4.69, 9.17) is 9.47 Å². The van der Waals surface area contributed by atoms with E-state index in [-0.39, 0.29) is 11.9 Å². The monoisotopic (exact) mass is 330 g/mol. The number of carbonyl (C=O) groups is 1. The normalized spacial score (nSPS) is 10.4. The van der Waals surface area contributed by atoms with Crippen molar-refractivity contribution in [1.82, 2.24) is 15.3 Å². The maximum Gasteiger partial charge on any atom is 0.270 e. The Bertz CT molecular complexity index is 732. The van der Waals surface area contributed by atoms with Gasteiger partial charge in [-0.25, -0.2) is 9.97 Å². The van der Waals surface area contributed by atoms with E-state index in [1.165, 1.54) is 0 Å². The van der Waals surface area contributed by atoms with Crippen LogP contribution in [0.25, 0.3) is 0 Å². The second kappa shape index (κ2) is 7.63. The van der Waals surface area contributed by atoms with Gasteiger partial charge in [-0.05, 0) is 32.9 Å². The van der Waals surface area contributed by atoms with Crippen LogP contribution in [-0.4, -0.2) is 36.1 Å². The molecular formula is C17H22N4O3. The van der Waals surface area contributed by atoms with E-state index in [1.807, 2.05) is 19.9 Å². The fourth-order valence-electron chi connectivity index (χ4n) is 2.15. The zero-order chi connectivity index (χ0) is 17.7. The predicted octanol–water partition coefficient (Wildman–Crippen LogP) is 2.68. The van der Waals surface area contributed by atoms with E-state index < -0.39 is 0 Å². The van der Waals surface area contributed by atoms with Gasteiger partial charge < -0.3 is 20.1 Å². The highest BCUT2D eigenvalue weighted by Gasteiger charge is 2.12. The van der Waals surface area contributed by atoms with Gasteiger partial charge in [0, 0.05) is 23.9 Å². The molecule has 2 N–H and O–H groups in total. The van der Waals surface area contributed by atoms with Crippen molar-refractivity contribution in [3.8, 4) is 11.5 Å². The summed E-state index contributed by atoms with van der Waals surface area (Å²) in [5.74, 6) is 2.05. The van der Waals surface area contributed by atoms with Gasteiger partial charge in [-0.15, -0.1) is 0 Å². The minimum absolute atomic E-state index is 0.0371. The number of carbonyl (C=O) groups excluding carboxylic acids is 1. The Morgan fingerprint density at radius 3 is 2.42 bits per heavy atom. The number of methoxy groups -OCH3 is 2. The van der Waals surface area contributed by atoms with Crippen LogP contribution in [0.1, 0.15) is 30.2 Å². The summed E-state index contributed by atoms with van der Waals surface area (Å²) in [6.45, 7) is 5.54. The number of ether oxygens (including phenoxy) is 2. The number of nitrogens with zero attached hydrogens (tertiary/aromatic N) is 2. The minimum atomic E-state index is -0.231. The summed E-state index contributed by atoms with van der Waals surface area (Å²) in [6, 6.07) is 7.08. The maximum absolute atomic E-state index is 12.1. The molecule has 1 aromatic heterocycles. The molecule has 0 radical (unpaired) electrons. The second-order valence-electron chi connectivity index (χ2n) is 5.51. The largest absolute Gasteiger partial charge is 0.493 e. The third kappa shape index (κ3) is 4.34. The number of hydrogen-bond donors (Lipinski definition) is 2. The molecule has 0 aliphatic rings. The fourth-order valence-corrected chi connectivity index (χ4v) is 2.15. The van der Waals surface area contributed by atoms with Crippen LogP contribution in [0.2, 0.25) is 0 Å². The molecule has 128 valence electrons. The Hall–Kier alpha value is -2.83. The van der Waals surface area contributed by atoms with E-state index in [0.29, 0.717) is 28.8 Å². The number of aromatic nitrogens is 2. The fraction of sp³-hybridized carbons (Fsp3) is 0.353. The van der Waals surface area contributed by atoms with Gasteiger partial charge in [-0.1, -0.05) is 0 Å². The first-order valence-corrected chi connectivity index (χ1v) is 7.58. The summed E-state index contributed by atoms with van der Waals surface area (Å²) in [5.41, 5.74) is 1.08. The number of rotatable bonds is 6. The number of hydrogen-bond acceptors (Lipinski definition) is 6. The molecule has 0 unspecified atom stereocenters. The Morgan fingerprint density at radius 2 is 1.79 bits per heavy atom. The van der Waals surface area contributed by atoms with E-state index in [0.717, 1.165) is 5.69 Å². The Kier molecular flexibility index (Phi) is 5.57. The van der Waals surface area contributed by atoms with Gasteiger partial charge in [-0.2, -0.15) is 0 Å². The first kappa shape index (κ1) is 17.5. The highest BCUT2D eigenvalue weighted by Crippen LogP contribution is 2.30. The third-order valence-electron chi connectivity index (χ3n) is 3.15. The van der Waals surface area contributed by atoms with Gasteiger partial charge in [-0.3, -0.25) is 4.79 Å². The quantitative estimate of drug-likeness (QED) is 0.847. The molecule has 2 rings (SSSR count). The van der Waals surface area contributed by atoms with Crippen molar-refractivity contribution >= 4 is 17.4 Å². The molecule has 1 amide bonds. The van der Waals surface area contributed by atoms with Crippen molar-refractivity contribution in [2.75, 3.05) is 19.5 Å². The molecule has 7 heteroatoms. The SMILES string of the molecule is COc1ccc(Nc2cc(C(=O)NC(C)C)nc(C)n2)cc1OC. The third-order valence-corrected chi connectivity index (χ3v) is 3.15. The lowest BCUT2D eigenvalue weighted by atomic mass is 10.2. The van der Waals surface area contributed by atoms with Crippen molar-refractivity contribution in [2.24, 2.45) is 0 Å². The molecule has 0 atom stereocenters. The van der Waals surface area contributed by atoms with Crippen LogP contribution in [-0.2, 0) is 0 Å². The molecule has 0 fully saturated rings. The maximum atomic E-state index is 12.1. The van der Waals surface area contributed by atoms with E-state index >= 15 is 0 Å². The molecule has 0 saturated carbocycles. The summed E-state index contributed by atoms with van der Waals surface area (Å²) in [5, 5.41) is 5.97.